The number of furan rings is 1. The van der Waals surface area contributed by atoms with Gasteiger partial charge in [-0.25, -0.2) is 0 Å². The Balaban J connectivity index is 2.18. The highest BCUT2D eigenvalue weighted by atomic mass is 35.5. The minimum absolute atomic E-state index is 0.179. The predicted octanol–water partition coefficient (Wildman–Crippen LogP) is 3.04. The fourth-order valence-electron chi connectivity index (χ4n) is 2.15. The zero-order valence-corrected chi connectivity index (χ0v) is 13.6. The number of fused-ring (bicyclic) bond motifs is 1. The molecule has 6 heteroatoms. The molecule has 118 valence electrons. The Morgan fingerprint density at radius 1 is 1.36 bits per heavy atom. The number of aryl methyl sites for hydroxylation is 1. The molecule has 1 aromatic heterocycles. The molecular weight excluding hydrogens is 304 g/mol. The highest BCUT2D eigenvalue weighted by Crippen LogP contribution is 2.30. The lowest BCUT2D eigenvalue weighted by Crippen LogP contribution is -2.45. The van der Waals surface area contributed by atoms with E-state index >= 15 is 0 Å². The molecule has 0 aliphatic carbocycles. The van der Waals surface area contributed by atoms with E-state index in [2.05, 4.69) is 10.6 Å². The van der Waals surface area contributed by atoms with Gasteiger partial charge in [-0.1, -0.05) is 30.7 Å². The molecule has 1 aromatic carbocycles. The van der Waals surface area contributed by atoms with Crippen LogP contribution in [0.1, 0.15) is 36.4 Å². The van der Waals surface area contributed by atoms with Gasteiger partial charge < -0.3 is 15.1 Å². The molecule has 2 aromatic rings. The Morgan fingerprint density at radius 3 is 2.73 bits per heavy atom. The fraction of sp³-hybridized carbons (Fsp3) is 0.375. The molecule has 0 fully saturated rings. The molecule has 0 bridgehead atoms. The fourth-order valence-corrected chi connectivity index (χ4v) is 2.37. The van der Waals surface area contributed by atoms with E-state index in [0.29, 0.717) is 22.7 Å². The van der Waals surface area contributed by atoms with Gasteiger partial charge in [0.25, 0.3) is 5.91 Å². The van der Waals surface area contributed by atoms with E-state index in [1.54, 1.807) is 26.0 Å². The third kappa shape index (κ3) is 3.25. The van der Waals surface area contributed by atoms with Crippen molar-refractivity contribution >= 4 is 34.4 Å². The van der Waals surface area contributed by atoms with E-state index < -0.39 is 11.9 Å². The summed E-state index contributed by atoms with van der Waals surface area (Å²) in [5, 5.41) is 6.62. The van der Waals surface area contributed by atoms with Gasteiger partial charge in [0.05, 0.1) is 5.02 Å². The first kappa shape index (κ1) is 16.4. The van der Waals surface area contributed by atoms with Crippen LogP contribution in [0.15, 0.2) is 22.6 Å². The van der Waals surface area contributed by atoms with Crippen LogP contribution in [0, 0.1) is 6.92 Å². The number of carbonyl (C=O) groups excluding carboxylic acids is 2. The summed E-state index contributed by atoms with van der Waals surface area (Å²) in [6.45, 7) is 5.97. The first-order chi connectivity index (χ1) is 10.5. The second-order valence-electron chi connectivity index (χ2n) is 5.16. The summed E-state index contributed by atoms with van der Waals surface area (Å²) in [5.74, 6) is -0.468. The molecule has 1 atom stereocenters. The Bertz CT molecular complexity index is 709. The summed E-state index contributed by atoms with van der Waals surface area (Å²) in [6.07, 6.45) is 0.841. The lowest BCUT2D eigenvalue weighted by molar-refractivity contribution is -0.122. The molecule has 0 spiro atoms. The number of hydrogen-bond donors (Lipinski definition) is 2. The largest absolute Gasteiger partial charge is 0.449 e. The second kappa shape index (κ2) is 6.83. The normalized spacial score (nSPS) is 12.2. The van der Waals surface area contributed by atoms with Crippen molar-refractivity contribution < 1.29 is 14.0 Å². The molecule has 0 saturated carbocycles. The highest BCUT2D eigenvalue weighted by molar-refractivity contribution is 6.35. The van der Waals surface area contributed by atoms with Crippen LogP contribution in [0.4, 0.5) is 0 Å². The number of nitrogens with one attached hydrogen (secondary N) is 2. The quantitative estimate of drug-likeness (QED) is 0.888. The maximum Gasteiger partial charge on any atom is 0.287 e. The first-order valence-corrected chi connectivity index (χ1v) is 7.59. The molecule has 0 aliphatic heterocycles. The number of hydrogen-bond acceptors (Lipinski definition) is 3. The van der Waals surface area contributed by atoms with E-state index in [0.717, 1.165) is 11.8 Å². The molecule has 0 saturated heterocycles. The first-order valence-electron chi connectivity index (χ1n) is 7.21. The topological polar surface area (TPSA) is 71.3 Å². The average Bonchev–Trinajstić information content (AvgIpc) is 2.83. The van der Waals surface area contributed by atoms with Crippen molar-refractivity contribution in [2.45, 2.75) is 33.2 Å². The molecular formula is C16H19ClN2O3. The SMILES string of the molecule is CCCNC(=O)[C@@H](C)NC(=O)c1oc2c(Cl)cccc2c1C. The lowest BCUT2D eigenvalue weighted by atomic mass is 10.1. The average molecular weight is 323 g/mol. The molecule has 2 amide bonds. The summed E-state index contributed by atoms with van der Waals surface area (Å²) in [5.41, 5.74) is 1.19. The van der Waals surface area contributed by atoms with Crippen LogP contribution in [-0.2, 0) is 4.79 Å². The zero-order chi connectivity index (χ0) is 16.3. The number of rotatable bonds is 5. The molecule has 2 rings (SSSR count). The highest BCUT2D eigenvalue weighted by Gasteiger charge is 2.22. The molecule has 2 N–H and O–H groups in total. The number of amides is 2. The van der Waals surface area contributed by atoms with Crippen molar-refractivity contribution in [3.05, 3.63) is 34.5 Å². The molecule has 22 heavy (non-hydrogen) atoms. The van der Waals surface area contributed by atoms with Crippen LogP contribution < -0.4 is 10.6 Å². The second-order valence-corrected chi connectivity index (χ2v) is 5.57. The number of carbonyl (C=O) groups is 2. The summed E-state index contributed by atoms with van der Waals surface area (Å²) < 4.78 is 5.58. The van der Waals surface area contributed by atoms with Crippen molar-refractivity contribution in [1.82, 2.24) is 10.6 Å². The molecule has 0 radical (unpaired) electrons. The molecule has 0 aliphatic rings. The van der Waals surface area contributed by atoms with Crippen LogP contribution in [0.2, 0.25) is 5.02 Å². The van der Waals surface area contributed by atoms with Crippen molar-refractivity contribution in [2.75, 3.05) is 6.54 Å². The van der Waals surface area contributed by atoms with Gasteiger partial charge in [0, 0.05) is 17.5 Å². The van der Waals surface area contributed by atoms with Gasteiger partial charge in [-0.2, -0.15) is 0 Å². The summed E-state index contributed by atoms with van der Waals surface area (Å²) >= 11 is 6.07. The van der Waals surface area contributed by atoms with Crippen molar-refractivity contribution in [3.8, 4) is 0 Å². The Morgan fingerprint density at radius 2 is 2.09 bits per heavy atom. The van der Waals surface area contributed by atoms with E-state index in [-0.39, 0.29) is 11.7 Å². The van der Waals surface area contributed by atoms with Crippen LogP contribution in [0.3, 0.4) is 0 Å². The molecule has 0 unspecified atom stereocenters. The predicted molar refractivity (Wildman–Crippen MR) is 86.2 cm³/mol. The van der Waals surface area contributed by atoms with E-state index in [1.807, 2.05) is 13.0 Å². The van der Waals surface area contributed by atoms with Crippen LogP contribution in [0.25, 0.3) is 11.0 Å². The minimum Gasteiger partial charge on any atom is -0.449 e. The van der Waals surface area contributed by atoms with Gasteiger partial charge in [0.2, 0.25) is 5.91 Å². The smallest absolute Gasteiger partial charge is 0.287 e. The Hall–Kier alpha value is -2.01. The maximum atomic E-state index is 12.3. The van der Waals surface area contributed by atoms with Gasteiger partial charge in [-0.05, 0) is 26.3 Å². The third-order valence-corrected chi connectivity index (χ3v) is 3.71. The van der Waals surface area contributed by atoms with Gasteiger partial charge in [-0.15, -0.1) is 0 Å². The molecule has 1 heterocycles. The molecule has 5 nitrogen and oxygen atoms in total. The number of para-hydroxylation sites is 1. The zero-order valence-electron chi connectivity index (χ0n) is 12.8. The van der Waals surface area contributed by atoms with Gasteiger partial charge in [0.15, 0.2) is 11.3 Å². The summed E-state index contributed by atoms with van der Waals surface area (Å²) in [4.78, 5) is 24.1. The minimum atomic E-state index is -0.637. The van der Waals surface area contributed by atoms with Crippen molar-refractivity contribution in [2.24, 2.45) is 0 Å². The maximum absolute atomic E-state index is 12.3. The Kier molecular flexibility index (Phi) is 5.08. The number of benzene rings is 1. The Labute approximate surface area is 134 Å². The van der Waals surface area contributed by atoms with Crippen LogP contribution >= 0.6 is 11.6 Å². The van der Waals surface area contributed by atoms with E-state index in [9.17, 15) is 9.59 Å². The van der Waals surface area contributed by atoms with E-state index in [4.69, 9.17) is 16.0 Å². The third-order valence-electron chi connectivity index (χ3n) is 3.41. The van der Waals surface area contributed by atoms with Gasteiger partial charge in [0.1, 0.15) is 6.04 Å². The number of halogens is 1. The van der Waals surface area contributed by atoms with Gasteiger partial charge in [-0.3, -0.25) is 9.59 Å². The lowest BCUT2D eigenvalue weighted by Gasteiger charge is -2.13. The van der Waals surface area contributed by atoms with Crippen LogP contribution in [0.5, 0.6) is 0 Å². The van der Waals surface area contributed by atoms with E-state index in [1.165, 1.54) is 0 Å². The summed E-state index contributed by atoms with van der Waals surface area (Å²) in [6, 6.07) is 4.71. The monoisotopic (exact) mass is 322 g/mol. The standard InChI is InChI=1S/C16H19ClN2O3/c1-4-8-18-15(20)10(3)19-16(21)13-9(2)11-6-5-7-12(17)14(11)22-13/h5-7,10H,4,8H2,1-3H3,(H,18,20)(H,19,21)/t10-/m1/s1. The van der Waals surface area contributed by atoms with Crippen molar-refractivity contribution in [1.29, 1.82) is 0 Å². The van der Waals surface area contributed by atoms with Gasteiger partial charge >= 0.3 is 0 Å². The van der Waals surface area contributed by atoms with Crippen LogP contribution in [-0.4, -0.2) is 24.4 Å². The van der Waals surface area contributed by atoms with Crippen molar-refractivity contribution in [3.63, 3.8) is 0 Å². The summed E-state index contributed by atoms with van der Waals surface area (Å²) in [7, 11) is 0.